The number of halogens is 8. The number of hydrogen-bond acceptors (Lipinski definition) is 4. The summed E-state index contributed by atoms with van der Waals surface area (Å²) in [6, 6.07) is 0.838. The maximum atomic E-state index is 14.3. The first-order chi connectivity index (χ1) is 13.6. The fourth-order valence-corrected chi connectivity index (χ4v) is 3.11. The normalized spacial score (nSPS) is 21.2. The van der Waals surface area contributed by atoms with Gasteiger partial charge in [0.2, 0.25) is 0 Å². The van der Waals surface area contributed by atoms with E-state index in [0.29, 0.717) is 18.2 Å². The molecule has 1 saturated carbocycles. The predicted molar refractivity (Wildman–Crippen MR) is 88.4 cm³/mol. The number of esters is 2. The van der Waals surface area contributed by atoms with Crippen LogP contribution in [0.4, 0.5) is 30.7 Å². The van der Waals surface area contributed by atoms with Gasteiger partial charge in [-0.15, -0.1) is 0 Å². The summed E-state index contributed by atoms with van der Waals surface area (Å²) in [7, 11) is 0.858. The zero-order valence-corrected chi connectivity index (χ0v) is 16.3. The van der Waals surface area contributed by atoms with Crippen LogP contribution in [0.5, 0.6) is 0 Å². The summed E-state index contributed by atoms with van der Waals surface area (Å²) in [4.78, 5) is 23.4. The van der Waals surface area contributed by atoms with Gasteiger partial charge < -0.3 is 9.47 Å². The smallest absolute Gasteiger partial charge is 0.431 e. The lowest BCUT2D eigenvalue weighted by molar-refractivity contribution is -0.243. The van der Waals surface area contributed by atoms with E-state index in [2.05, 4.69) is 9.47 Å². The van der Waals surface area contributed by atoms with E-state index in [-0.39, 0.29) is 0 Å². The Balaban J connectivity index is 2.27. The lowest BCUT2D eigenvalue weighted by atomic mass is 10.1. The van der Waals surface area contributed by atoms with Crippen LogP contribution in [0.1, 0.15) is 29.8 Å². The number of methoxy groups -OCH3 is 1. The molecule has 0 saturated heterocycles. The number of benzene rings is 1. The van der Waals surface area contributed by atoms with E-state index >= 15 is 0 Å². The third-order valence-electron chi connectivity index (χ3n) is 4.79. The van der Waals surface area contributed by atoms with Crippen molar-refractivity contribution in [2.45, 2.75) is 26.1 Å². The quantitative estimate of drug-likeness (QED) is 0.440. The molecule has 166 valence electrons. The molecule has 0 radical (unpaired) electrons. The van der Waals surface area contributed by atoms with Crippen molar-refractivity contribution in [2.75, 3.05) is 7.11 Å². The van der Waals surface area contributed by atoms with Crippen molar-refractivity contribution in [1.82, 2.24) is 0 Å². The molecule has 0 amide bonds. The minimum Gasteiger partial charge on any atom is -0.465 e. The van der Waals surface area contributed by atoms with Crippen LogP contribution < -0.4 is 0 Å². The highest BCUT2D eigenvalue weighted by Crippen LogP contribution is 2.61. The molecule has 0 aliphatic heterocycles. The molecule has 1 aliphatic carbocycles. The lowest BCUT2D eigenvalue weighted by Gasteiger charge is -2.18. The van der Waals surface area contributed by atoms with E-state index in [1.54, 1.807) is 0 Å². The van der Waals surface area contributed by atoms with Crippen molar-refractivity contribution in [3.8, 4) is 0 Å². The lowest BCUT2D eigenvalue weighted by Crippen LogP contribution is -2.27. The summed E-state index contributed by atoms with van der Waals surface area (Å²) >= 11 is 5.12. The summed E-state index contributed by atoms with van der Waals surface area (Å²) < 4.78 is 102. The molecule has 2 unspecified atom stereocenters. The Bertz CT molecular complexity index is 909. The minimum absolute atomic E-state index is 0.327. The molecule has 30 heavy (non-hydrogen) atoms. The van der Waals surface area contributed by atoms with Crippen molar-refractivity contribution in [1.29, 1.82) is 0 Å². The molecule has 0 N–H and O–H groups in total. The van der Waals surface area contributed by atoms with Crippen molar-refractivity contribution in [3.63, 3.8) is 0 Å². The molecule has 4 nitrogen and oxygen atoms in total. The second-order valence-corrected chi connectivity index (χ2v) is 7.46. The minimum atomic E-state index is -4.89. The van der Waals surface area contributed by atoms with Gasteiger partial charge in [-0.1, -0.05) is 31.5 Å². The van der Waals surface area contributed by atoms with Gasteiger partial charge >= 0.3 is 24.2 Å². The second kappa shape index (κ2) is 7.75. The standard InChI is InChI=1S/C18H14ClF7O4/c1-16(2)9(6-10(19)17(22,23)24)11(16)15(28)30-18(25,26)8-5-4-7(14(27)29-3)12(20)13(8)21/h4-6,9,11H,1-3H3. The van der Waals surface area contributed by atoms with Crippen LogP contribution in [0.25, 0.3) is 0 Å². The van der Waals surface area contributed by atoms with Gasteiger partial charge in [0.15, 0.2) is 11.6 Å². The van der Waals surface area contributed by atoms with Gasteiger partial charge in [-0.2, -0.15) is 22.0 Å². The largest absolute Gasteiger partial charge is 0.465 e. The molecule has 2 atom stereocenters. The zero-order valence-electron chi connectivity index (χ0n) is 15.5. The van der Waals surface area contributed by atoms with Crippen molar-refractivity contribution in [3.05, 3.63) is 46.0 Å². The van der Waals surface area contributed by atoms with Gasteiger partial charge in [0.25, 0.3) is 0 Å². The molecule has 12 heteroatoms. The highest BCUT2D eigenvalue weighted by molar-refractivity contribution is 6.30. The monoisotopic (exact) mass is 462 g/mol. The van der Waals surface area contributed by atoms with Crippen LogP contribution in [0.3, 0.4) is 0 Å². The van der Waals surface area contributed by atoms with Crippen LogP contribution in [0.15, 0.2) is 23.2 Å². The third kappa shape index (κ3) is 4.40. The average Bonchev–Trinajstić information content (AvgIpc) is 3.15. The summed E-state index contributed by atoms with van der Waals surface area (Å²) in [5.74, 6) is -9.65. The third-order valence-corrected chi connectivity index (χ3v) is 5.13. The maximum Gasteiger partial charge on any atom is 0.431 e. The van der Waals surface area contributed by atoms with Crippen molar-refractivity contribution >= 4 is 23.5 Å². The van der Waals surface area contributed by atoms with Gasteiger partial charge in [-0.25, -0.2) is 13.6 Å². The first-order valence-corrected chi connectivity index (χ1v) is 8.55. The summed E-state index contributed by atoms with van der Waals surface area (Å²) in [5.41, 5.74) is -3.84. The molecule has 0 heterocycles. The van der Waals surface area contributed by atoms with Gasteiger partial charge in [-0.3, -0.25) is 4.79 Å². The predicted octanol–water partition coefficient (Wildman–Crippen LogP) is 5.30. The Kier molecular flexibility index (Phi) is 6.19. The molecule has 1 aliphatic rings. The van der Waals surface area contributed by atoms with Crippen LogP contribution in [-0.2, 0) is 20.4 Å². The van der Waals surface area contributed by atoms with E-state index in [9.17, 15) is 40.3 Å². The fraction of sp³-hybridized carbons (Fsp3) is 0.444. The van der Waals surface area contributed by atoms with Gasteiger partial charge in [-0.05, 0) is 23.5 Å². The average molecular weight is 463 g/mol. The van der Waals surface area contributed by atoms with E-state index in [1.807, 2.05) is 0 Å². The first-order valence-electron chi connectivity index (χ1n) is 8.17. The Morgan fingerprint density at radius 2 is 1.67 bits per heavy atom. The summed E-state index contributed by atoms with van der Waals surface area (Å²) in [6.07, 6.45) is -9.05. The molecule has 0 bridgehead atoms. The van der Waals surface area contributed by atoms with Crippen LogP contribution in [-0.4, -0.2) is 25.2 Å². The second-order valence-electron chi connectivity index (χ2n) is 7.06. The highest BCUT2D eigenvalue weighted by atomic mass is 35.5. The molecule has 0 spiro atoms. The van der Waals surface area contributed by atoms with Crippen LogP contribution in [0.2, 0.25) is 0 Å². The molecular weight excluding hydrogens is 449 g/mol. The van der Waals surface area contributed by atoms with Gasteiger partial charge in [0, 0.05) is 0 Å². The number of ether oxygens (including phenoxy) is 2. The first kappa shape index (κ1) is 24.0. The number of allylic oxidation sites excluding steroid dienone is 2. The Morgan fingerprint density at radius 3 is 2.17 bits per heavy atom. The van der Waals surface area contributed by atoms with E-state index in [0.717, 1.165) is 7.11 Å². The maximum absolute atomic E-state index is 14.3. The van der Waals surface area contributed by atoms with E-state index < -0.39 is 69.3 Å². The Hall–Kier alpha value is -2.30. The Labute approximate surface area is 170 Å². The molecular formula is C18H14ClF7O4. The summed E-state index contributed by atoms with van der Waals surface area (Å²) in [5, 5.41) is -1.53. The number of carbonyl (C=O) groups is 2. The molecule has 1 aromatic rings. The number of hydrogen-bond donors (Lipinski definition) is 0. The zero-order chi connectivity index (χ0) is 23.2. The van der Waals surface area contributed by atoms with Crippen LogP contribution in [0, 0.1) is 28.9 Å². The van der Waals surface area contributed by atoms with Gasteiger partial charge in [0.05, 0.1) is 18.6 Å². The summed E-state index contributed by atoms with van der Waals surface area (Å²) in [6.45, 7) is 2.65. The topological polar surface area (TPSA) is 52.6 Å². The number of carbonyl (C=O) groups excluding carboxylic acids is 2. The molecule has 0 aromatic heterocycles. The highest BCUT2D eigenvalue weighted by Gasteiger charge is 2.63. The van der Waals surface area contributed by atoms with Crippen molar-refractivity contribution < 1.29 is 49.8 Å². The van der Waals surface area contributed by atoms with Crippen LogP contribution >= 0.6 is 11.6 Å². The fourth-order valence-electron chi connectivity index (χ4n) is 2.98. The SMILES string of the molecule is COC(=O)c1ccc(C(F)(F)OC(=O)C2C(C=C(Cl)C(F)(F)F)C2(C)C)c(F)c1F. The van der Waals surface area contributed by atoms with Gasteiger partial charge in [0.1, 0.15) is 10.6 Å². The number of rotatable bonds is 5. The number of alkyl halides is 5. The molecule has 1 aromatic carbocycles. The molecule has 1 fully saturated rings. The Morgan fingerprint density at radius 1 is 1.10 bits per heavy atom. The van der Waals surface area contributed by atoms with E-state index in [1.165, 1.54) is 13.8 Å². The van der Waals surface area contributed by atoms with Crippen molar-refractivity contribution in [2.24, 2.45) is 17.3 Å². The molecule has 2 rings (SSSR count). The van der Waals surface area contributed by atoms with E-state index in [4.69, 9.17) is 11.6 Å².